The Bertz CT molecular complexity index is 1040. The zero-order chi connectivity index (χ0) is 21.5. The van der Waals surface area contributed by atoms with E-state index in [0.29, 0.717) is 41.1 Å². The Morgan fingerprint density at radius 2 is 1.90 bits per heavy atom. The molecule has 9 heteroatoms. The lowest BCUT2D eigenvalue weighted by molar-refractivity contribution is 0.269. The molecule has 0 aliphatic rings. The Morgan fingerprint density at radius 1 is 1.17 bits per heavy atom. The molecule has 1 heterocycles. The summed E-state index contributed by atoms with van der Waals surface area (Å²) in [4.78, 5) is 0. The monoisotopic (exact) mass is 510 g/mol. The second-order valence-corrected chi connectivity index (χ2v) is 8.28. The second kappa shape index (κ2) is 10.8. The van der Waals surface area contributed by atoms with Crippen molar-refractivity contribution < 1.29 is 9.47 Å². The first-order valence-electron chi connectivity index (χ1n) is 9.74. The number of hydrogen-bond donors (Lipinski definition) is 2. The van der Waals surface area contributed by atoms with Crippen LogP contribution in [0.4, 0.5) is 0 Å². The van der Waals surface area contributed by atoms with E-state index < -0.39 is 0 Å². The average Bonchev–Trinajstić information content (AvgIpc) is 3.08. The molecule has 3 rings (SSSR count). The summed E-state index contributed by atoms with van der Waals surface area (Å²) in [6, 6.07) is 11.5. The first kappa shape index (κ1) is 22.7. The maximum Gasteiger partial charge on any atom is 0.214 e. The maximum atomic E-state index is 6.02. The van der Waals surface area contributed by atoms with Gasteiger partial charge in [-0.1, -0.05) is 46.6 Å². The predicted octanol–water partition coefficient (Wildman–Crippen LogP) is 6.03. The maximum absolute atomic E-state index is 6.02. The van der Waals surface area contributed by atoms with Gasteiger partial charge in [-0.2, -0.15) is 5.10 Å². The van der Waals surface area contributed by atoms with Gasteiger partial charge >= 0.3 is 0 Å². The summed E-state index contributed by atoms with van der Waals surface area (Å²) >= 11 is 14.9. The molecular formula is C21H24BrClN4O2S. The third kappa shape index (κ3) is 5.77. The van der Waals surface area contributed by atoms with Gasteiger partial charge < -0.3 is 14.9 Å². The minimum atomic E-state index is 0.422. The number of ether oxygens (including phenoxy) is 2. The first-order chi connectivity index (χ1) is 14.5. The SMILES string of the molecule is CCCc1n[nH]c(=S)n1NCc1cc(OCC)c(OCc2ccc(Cl)cc2)cc1Br. The van der Waals surface area contributed by atoms with Crippen molar-refractivity contribution in [2.45, 2.75) is 39.8 Å². The molecule has 2 aromatic carbocycles. The molecule has 0 atom stereocenters. The van der Waals surface area contributed by atoms with E-state index in [0.717, 1.165) is 34.3 Å². The highest BCUT2D eigenvalue weighted by Crippen LogP contribution is 2.34. The van der Waals surface area contributed by atoms with Crippen molar-refractivity contribution in [1.29, 1.82) is 0 Å². The summed E-state index contributed by atoms with van der Waals surface area (Å²) in [5.41, 5.74) is 5.38. The van der Waals surface area contributed by atoms with Gasteiger partial charge in [0.25, 0.3) is 0 Å². The molecule has 160 valence electrons. The van der Waals surface area contributed by atoms with Gasteiger partial charge in [-0.25, -0.2) is 4.68 Å². The van der Waals surface area contributed by atoms with Crippen LogP contribution >= 0.6 is 39.7 Å². The first-order valence-corrected chi connectivity index (χ1v) is 11.3. The van der Waals surface area contributed by atoms with Gasteiger partial charge in [-0.3, -0.25) is 5.10 Å². The van der Waals surface area contributed by atoms with Gasteiger partial charge in [0.05, 0.1) is 13.2 Å². The Kier molecular flexibility index (Phi) is 8.18. The fourth-order valence-electron chi connectivity index (χ4n) is 2.88. The second-order valence-electron chi connectivity index (χ2n) is 6.60. The summed E-state index contributed by atoms with van der Waals surface area (Å²) in [5, 5.41) is 7.82. The highest BCUT2D eigenvalue weighted by atomic mass is 79.9. The zero-order valence-electron chi connectivity index (χ0n) is 16.9. The van der Waals surface area contributed by atoms with Gasteiger partial charge in [-0.05, 0) is 61.0 Å². The van der Waals surface area contributed by atoms with E-state index in [9.17, 15) is 0 Å². The molecule has 0 saturated carbocycles. The summed E-state index contributed by atoms with van der Waals surface area (Å²) in [6.07, 6.45) is 1.82. The van der Waals surface area contributed by atoms with Crippen LogP contribution in [0, 0.1) is 4.77 Å². The Labute approximate surface area is 194 Å². The van der Waals surface area contributed by atoms with Crippen molar-refractivity contribution in [2.24, 2.45) is 0 Å². The standard InChI is InChI=1S/C21H24BrClN4O2S/c1-3-5-20-25-26-21(30)27(20)24-12-15-10-18(28-4-2)19(11-17(15)22)29-13-14-6-8-16(23)9-7-14/h6-11,24H,3-5,12-13H2,1-2H3,(H,26,30). The number of nitrogens with one attached hydrogen (secondary N) is 2. The summed E-state index contributed by atoms with van der Waals surface area (Å²) in [5.74, 6) is 2.25. The van der Waals surface area contributed by atoms with Crippen LogP contribution in [0.1, 0.15) is 37.2 Å². The number of halogens is 2. The molecule has 0 fully saturated rings. The van der Waals surface area contributed by atoms with Crippen molar-refractivity contribution in [3.63, 3.8) is 0 Å². The smallest absolute Gasteiger partial charge is 0.214 e. The van der Waals surface area contributed by atoms with Crippen molar-refractivity contribution in [3.8, 4) is 11.5 Å². The highest BCUT2D eigenvalue weighted by molar-refractivity contribution is 9.10. The Balaban J connectivity index is 1.76. The largest absolute Gasteiger partial charge is 0.490 e. The van der Waals surface area contributed by atoms with Crippen molar-refractivity contribution >= 4 is 39.7 Å². The molecular weight excluding hydrogens is 488 g/mol. The fraction of sp³-hybridized carbons (Fsp3) is 0.333. The highest BCUT2D eigenvalue weighted by Gasteiger charge is 2.13. The normalized spacial score (nSPS) is 10.8. The van der Waals surface area contributed by atoms with Crippen LogP contribution in [0.15, 0.2) is 40.9 Å². The molecule has 0 aliphatic heterocycles. The number of nitrogens with zero attached hydrogens (tertiary/aromatic N) is 2. The number of hydrogen-bond acceptors (Lipinski definition) is 5. The summed E-state index contributed by atoms with van der Waals surface area (Å²) in [7, 11) is 0. The third-order valence-corrected chi connectivity index (χ3v) is 5.63. The third-order valence-electron chi connectivity index (χ3n) is 4.36. The van der Waals surface area contributed by atoms with E-state index in [-0.39, 0.29) is 0 Å². The molecule has 6 nitrogen and oxygen atoms in total. The minimum Gasteiger partial charge on any atom is -0.490 e. The average molecular weight is 512 g/mol. The number of aromatic amines is 1. The van der Waals surface area contributed by atoms with Gasteiger partial charge in [0, 0.05) is 15.9 Å². The number of aryl methyl sites for hydroxylation is 1. The van der Waals surface area contributed by atoms with E-state index in [1.165, 1.54) is 0 Å². The van der Waals surface area contributed by atoms with Crippen LogP contribution < -0.4 is 14.9 Å². The predicted molar refractivity (Wildman–Crippen MR) is 126 cm³/mol. The molecule has 0 radical (unpaired) electrons. The fourth-order valence-corrected chi connectivity index (χ4v) is 3.69. The van der Waals surface area contributed by atoms with Gasteiger partial charge in [0.2, 0.25) is 4.77 Å². The summed E-state index contributed by atoms with van der Waals surface area (Å²) in [6.45, 7) is 5.56. The molecule has 0 amide bonds. The molecule has 0 spiro atoms. The van der Waals surface area contributed by atoms with E-state index in [4.69, 9.17) is 33.3 Å². The van der Waals surface area contributed by atoms with Crippen LogP contribution in [-0.4, -0.2) is 21.5 Å². The lowest BCUT2D eigenvalue weighted by Crippen LogP contribution is -2.18. The van der Waals surface area contributed by atoms with Crippen molar-refractivity contribution in [1.82, 2.24) is 14.9 Å². The van der Waals surface area contributed by atoms with E-state index in [2.05, 4.69) is 38.5 Å². The van der Waals surface area contributed by atoms with Crippen LogP contribution in [0.5, 0.6) is 11.5 Å². The van der Waals surface area contributed by atoms with Crippen LogP contribution in [0.3, 0.4) is 0 Å². The number of benzene rings is 2. The number of aromatic nitrogens is 3. The van der Waals surface area contributed by atoms with Crippen molar-refractivity contribution in [3.05, 3.63) is 67.6 Å². The van der Waals surface area contributed by atoms with Crippen LogP contribution in [0.2, 0.25) is 5.02 Å². The molecule has 2 N–H and O–H groups in total. The molecule has 0 bridgehead atoms. The molecule has 3 aromatic rings. The van der Waals surface area contributed by atoms with Gasteiger partial charge in [0.1, 0.15) is 6.61 Å². The molecule has 30 heavy (non-hydrogen) atoms. The lowest BCUT2D eigenvalue weighted by Gasteiger charge is -2.16. The zero-order valence-corrected chi connectivity index (χ0v) is 20.0. The Morgan fingerprint density at radius 3 is 2.60 bits per heavy atom. The number of H-pyrrole nitrogens is 1. The summed E-state index contributed by atoms with van der Waals surface area (Å²) < 4.78 is 15.1. The van der Waals surface area contributed by atoms with E-state index >= 15 is 0 Å². The van der Waals surface area contributed by atoms with Crippen molar-refractivity contribution in [2.75, 3.05) is 12.0 Å². The van der Waals surface area contributed by atoms with Gasteiger partial charge in [0.15, 0.2) is 17.3 Å². The van der Waals surface area contributed by atoms with E-state index in [1.807, 2.05) is 48.0 Å². The molecule has 1 aromatic heterocycles. The minimum absolute atomic E-state index is 0.422. The molecule has 0 unspecified atom stereocenters. The van der Waals surface area contributed by atoms with Crippen LogP contribution in [-0.2, 0) is 19.6 Å². The number of rotatable bonds is 10. The molecule has 0 saturated heterocycles. The quantitative estimate of drug-likeness (QED) is 0.325. The van der Waals surface area contributed by atoms with Crippen LogP contribution in [0.25, 0.3) is 0 Å². The molecule has 0 aliphatic carbocycles. The van der Waals surface area contributed by atoms with Gasteiger partial charge in [-0.15, -0.1) is 0 Å². The Hall–Kier alpha value is -2.03. The van der Waals surface area contributed by atoms with E-state index in [1.54, 1.807) is 0 Å². The lowest BCUT2D eigenvalue weighted by atomic mass is 10.2. The topological polar surface area (TPSA) is 64.1 Å².